The molecule has 0 fully saturated rings. The first-order chi connectivity index (χ1) is 9.66. The van der Waals surface area contributed by atoms with Gasteiger partial charge in [0.05, 0.1) is 22.0 Å². The molecule has 20 heavy (non-hydrogen) atoms. The molecule has 0 aliphatic heterocycles. The highest BCUT2D eigenvalue weighted by Gasteiger charge is 2.16. The Bertz CT molecular complexity index is 755. The van der Waals surface area contributed by atoms with Gasteiger partial charge in [0.25, 0.3) is 0 Å². The van der Waals surface area contributed by atoms with Gasteiger partial charge in [-0.1, -0.05) is 23.7 Å². The van der Waals surface area contributed by atoms with Crippen LogP contribution >= 0.6 is 34.2 Å². The zero-order valence-electron chi connectivity index (χ0n) is 10.3. The fourth-order valence-corrected chi connectivity index (χ4v) is 2.50. The second kappa shape index (κ2) is 5.41. The van der Waals surface area contributed by atoms with Gasteiger partial charge in [0.15, 0.2) is 5.82 Å². The van der Waals surface area contributed by atoms with Gasteiger partial charge in [-0.15, -0.1) is 0 Å². The Labute approximate surface area is 134 Å². The van der Waals surface area contributed by atoms with Crippen LogP contribution in [0.2, 0.25) is 5.02 Å². The summed E-state index contributed by atoms with van der Waals surface area (Å²) >= 11 is 8.37. The van der Waals surface area contributed by atoms with Crippen molar-refractivity contribution < 1.29 is 0 Å². The summed E-state index contributed by atoms with van der Waals surface area (Å²) in [7, 11) is 0. The van der Waals surface area contributed by atoms with E-state index in [1.165, 1.54) is 0 Å². The third-order valence-corrected chi connectivity index (χ3v) is 4.50. The number of benzene rings is 1. The van der Waals surface area contributed by atoms with Gasteiger partial charge in [0.2, 0.25) is 0 Å². The quantitative estimate of drug-likeness (QED) is 0.644. The molecule has 1 aromatic carbocycles. The lowest BCUT2D eigenvalue weighted by molar-refractivity contribution is 1.10. The van der Waals surface area contributed by atoms with Crippen molar-refractivity contribution in [3.63, 3.8) is 0 Å². The second-order valence-corrected chi connectivity index (χ2v) is 5.77. The number of anilines is 1. The Balaban J connectivity index is 2.18. The average molecular weight is 397 g/mol. The summed E-state index contributed by atoms with van der Waals surface area (Å²) in [6, 6.07) is 11.5. The zero-order chi connectivity index (χ0) is 14.1. The van der Waals surface area contributed by atoms with Crippen LogP contribution in [0.4, 0.5) is 5.82 Å². The van der Waals surface area contributed by atoms with E-state index in [0.717, 1.165) is 26.1 Å². The molecular formula is C14H10ClIN4. The van der Waals surface area contributed by atoms with Gasteiger partial charge in [-0.3, -0.25) is 10.1 Å². The lowest BCUT2D eigenvalue weighted by Crippen LogP contribution is -1.90. The molecule has 0 bridgehead atoms. The minimum atomic E-state index is 0.424. The highest BCUT2D eigenvalue weighted by atomic mass is 127. The lowest BCUT2D eigenvalue weighted by Gasteiger charge is -2.05. The molecule has 0 spiro atoms. The maximum Gasteiger partial charge on any atom is 0.155 e. The molecule has 0 radical (unpaired) electrons. The highest BCUT2D eigenvalue weighted by molar-refractivity contribution is 14.1. The molecule has 0 unspecified atom stereocenters. The number of H-pyrrole nitrogens is 1. The van der Waals surface area contributed by atoms with Crippen LogP contribution in [0, 0.1) is 3.57 Å². The molecule has 3 aromatic rings. The van der Waals surface area contributed by atoms with E-state index in [0.29, 0.717) is 10.8 Å². The Hall–Kier alpha value is -1.60. The van der Waals surface area contributed by atoms with Crippen molar-refractivity contribution in [2.24, 2.45) is 0 Å². The lowest BCUT2D eigenvalue weighted by atomic mass is 10.0. The number of aromatic amines is 1. The first-order valence-corrected chi connectivity index (χ1v) is 7.33. The van der Waals surface area contributed by atoms with E-state index in [1.54, 1.807) is 6.20 Å². The van der Waals surface area contributed by atoms with Gasteiger partial charge in [0.1, 0.15) is 0 Å². The van der Waals surface area contributed by atoms with Gasteiger partial charge in [-0.2, -0.15) is 5.10 Å². The van der Waals surface area contributed by atoms with Gasteiger partial charge in [0, 0.05) is 15.3 Å². The molecule has 3 rings (SSSR count). The number of nitrogens with one attached hydrogen (secondary N) is 1. The van der Waals surface area contributed by atoms with E-state index < -0.39 is 0 Å². The maximum absolute atomic E-state index is 6.18. The van der Waals surface area contributed by atoms with Gasteiger partial charge < -0.3 is 5.73 Å². The molecule has 4 nitrogen and oxygen atoms in total. The number of hydrogen-bond acceptors (Lipinski definition) is 3. The van der Waals surface area contributed by atoms with Crippen LogP contribution in [0.15, 0.2) is 42.6 Å². The van der Waals surface area contributed by atoms with Gasteiger partial charge in [-0.25, -0.2) is 0 Å². The third kappa shape index (κ3) is 2.38. The summed E-state index contributed by atoms with van der Waals surface area (Å²) in [5.41, 5.74) is 9.29. The topological polar surface area (TPSA) is 67.6 Å². The first kappa shape index (κ1) is 13.4. The van der Waals surface area contributed by atoms with Crippen molar-refractivity contribution in [3.05, 3.63) is 51.2 Å². The summed E-state index contributed by atoms with van der Waals surface area (Å²) < 4.78 is 1.000. The number of nitrogens with two attached hydrogens (primary N) is 1. The SMILES string of the molecule is Nc1n[nH]c(-c2ccc(I)c(Cl)c2)c1-c1ccccn1. The molecule has 2 heterocycles. The Morgan fingerprint density at radius 2 is 2.05 bits per heavy atom. The van der Waals surface area contributed by atoms with Crippen LogP contribution in [0.25, 0.3) is 22.5 Å². The number of aromatic nitrogens is 3. The summed E-state index contributed by atoms with van der Waals surface area (Å²) in [4.78, 5) is 4.33. The molecule has 0 amide bonds. The molecular weight excluding hydrogens is 387 g/mol. The van der Waals surface area contributed by atoms with E-state index in [2.05, 4.69) is 37.8 Å². The molecule has 0 aliphatic carbocycles. The first-order valence-electron chi connectivity index (χ1n) is 5.87. The maximum atomic E-state index is 6.18. The minimum absolute atomic E-state index is 0.424. The number of pyridine rings is 1. The van der Waals surface area contributed by atoms with Crippen molar-refractivity contribution in [1.29, 1.82) is 0 Å². The molecule has 3 N–H and O–H groups in total. The average Bonchev–Trinajstić information content (AvgIpc) is 2.85. The Morgan fingerprint density at radius 1 is 1.20 bits per heavy atom. The molecule has 6 heteroatoms. The molecule has 2 aromatic heterocycles. The van der Waals surface area contributed by atoms with Crippen molar-refractivity contribution in [2.45, 2.75) is 0 Å². The van der Waals surface area contributed by atoms with Crippen LogP contribution < -0.4 is 5.73 Å². The van der Waals surface area contributed by atoms with Crippen LogP contribution in [0.1, 0.15) is 0 Å². The van der Waals surface area contributed by atoms with E-state index >= 15 is 0 Å². The monoisotopic (exact) mass is 396 g/mol. The fraction of sp³-hybridized carbons (Fsp3) is 0. The van der Waals surface area contributed by atoms with Crippen LogP contribution in [0.3, 0.4) is 0 Å². The van der Waals surface area contributed by atoms with Crippen LogP contribution in [0.5, 0.6) is 0 Å². The van der Waals surface area contributed by atoms with Crippen molar-refractivity contribution in [1.82, 2.24) is 15.2 Å². The summed E-state index contributed by atoms with van der Waals surface area (Å²) in [6.45, 7) is 0. The zero-order valence-corrected chi connectivity index (χ0v) is 13.2. The van der Waals surface area contributed by atoms with Crippen molar-refractivity contribution in [3.8, 4) is 22.5 Å². The third-order valence-electron chi connectivity index (χ3n) is 2.92. The van der Waals surface area contributed by atoms with Crippen LogP contribution in [-0.2, 0) is 0 Å². The van der Waals surface area contributed by atoms with E-state index in [1.807, 2.05) is 36.4 Å². The van der Waals surface area contributed by atoms with Crippen molar-refractivity contribution in [2.75, 3.05) is 5.73 Å². The molecule has 0 atom stereocenters. The fourth-order valence-electron chi connectivity index (χ4n) is 1.99. The summed E-state index contributed by atoms with van der Waals surface area (Å²) in [5.74, 6) is 0.424. The standard InChI is InChI=1S/C14H10ClIN4/c15-9-7-8(4-5-10(9)16)13-12(14(17)20-19-13)11-3-1-2-6-18-11/h1-7H,(H3,17,19,20). The van der Waals surface area contributed by atoms with Gasteiger partial charge in [-0.05, 0) is 46.9 Å². The summed E-state index contributed by atoms with van der Waals surface area (Å²) in [6.07, 6.45) is 1.73. The van der Waals surface area contributed by atoms with E-state index in [9.17, 15) is 0 Å². The molecule has 100 valence electrons. The smallest absolute Gasteiger partial charge is 0.155 e. The minimum Gasteiger partial charge on any atom is -0.382 e. The predicted molar refractivity (Wildman–Crippen MR) is 89.4 cm³/mol. The van der Waals surface area contributed by atoms with E-state index in [4.69, 9.17) is 17.3 Å². The number of nitrogen functional groups attached to an aromatic ring is 1. The Kier molecular flexibility index (Phi) is 3.62. The largest absolute Gasteiger partial charge is 0.382 e. The number of halogens is 2. The summed E-state index contributed by atoms with van der Waals surface area (Å²) in [5, 5.41) is 7.75. The van der Waals surface area contributed by atoms with Crippen LogP contribution in [-0.4, -0.2) is 15.2 Å². The number of nitrogens with zero attached hydrogens (tertiary/aromatic N) is 2. The van der Waals surface area contributed by atoms with Crippen molar-refractivity contribution >= 4 is 40.0 Å². The number of rotatable bonds is 2. The van der Waals surface area contributed by atoms with E-state index in [-0.39, 0.29) is 0 Å². The second-order valence-electron chi connectivity index (χ2n) is 4.20. The highest BCUT2D eigenvalue weighted by Crippen LogP contribution is 2.35. The van der Waals surface area contributed by atoms with Gasteiger partial charge >= 0.3 is 0 Å². The number of hydrogen-bond donors (Lipinski definition) is 2. The predicted octanol–water partition coefficient (Wildman–Crippen LogP) is 3.98. The Morgan fingerprint density at radius 3 is 2.75 bits per heavy atom. The molecule has 0 saturated heterocycles. The molecule has 0 saturated carbocycles. The normalized spacial score (nSPS) is 10.7. The molecule has 0 aliphatic rings.